The lowest BCUT2D eigenvalue weighted by Crippen LogP contribution is -2.46. The second kappa shape index (κ2) is 7.63. The lowest BCUT2D eigenvalue weighted by Gasteiger charge is -2.30. The summed E-state index contributed by atoms with van der Waals surface area (Å²) < 4.78 is 0. The Hall–Kier alpha value is -1.77. The molecule has 2 aliphatic carbocycles. The summed E-state index contributed by atoms with van der Waals surface area (Å²) in [5.74, 6) is 2.37. The molecule has 7 heteroatoms. The Labute approximate surface area is 156 Å². The monoisotopic (exact) mass is 379 g/mol. The van der Waals surface area contributed by atoms with Gasteiger partial charge in [-0.1, -0.05) is 23.2 Å². The smallest absolute Gasteiger partial charge is 0.254 e. The summed E-state index contributed by atoms with van der Waals surface area (Å²) in [6, 6.07) is 0.0171. The minimum absolute atomic E-state index is 0.0279. The standard InChI is InChI=1S/C18H19Cl2N3O2/c1-2-10-6-13(10)17(24)22-11-4-3-5-12(7-11)23-18(25)16-14(19)8-21-9-15(16)20/h1,8-13H,3-7H2,(H,22,24)(H,23,25)/t10-,11+,12+,13+/m0/s1. The van der Waals surface area contributed by atoms with E-state index < -0.39 is 0 Å². The van der Waals surface area contributed by atoms with Gasteiger partial charge in [0.25, 0.3) is 5.91 Å². The molecular formula is C18H19Cl2N3O2. The number of carbonyl (C=O) groups excluding carboxylic acids is 2. The summed E-state index contributed by atoms with van der Waals surface area (Å²) in [7, 11) is 0. The number of rotatable bonds is 4. The highest BCUT2D eigenvalue weighted by Crippen LogP contribution is 2.38. The number of hydrogen-bond donors (Lipinski definition) is 2. The van der Waals surface area contributed by atoms with Gasteiger partial charge in [0.1, 0.15) is 0 Å². The highest BCUT2D eigenvalue weighted by molar-refractivity contribution is 6.39. The van der Waals surface area contributed by atoms with E-state index in [0.29, 0.717) is 6.42 Å². The van der Waals surface area contributed by atoms with E-state index in [-0.39, 0.29) is 51.3 Å². The molecule has 2 amide bonds. The Kier molecular flexibility index (Phi) is 5.51. The maximum atomic E-state index is 12.5. The van der Waals surface area contributed by atoms with E-state index in [1.807, 2.05) is 0 Å². The molecular weight excluding hydrogens is 361 g/mol. The zero-order valence-corrected chi connectivity index (χ0v) is 15.1. The number of terminal acetylenes is 1. The van der Waals surface area contributed by atoms with Gasteiger partial charge in [-0.2, -0.15) is 0 Å². The predicted molar refractivity (Wildman–Crippen MR) is 96.3 cm³/mol. The number of carbonyl (C=O) groups is 2. The van der Waals surface area contributed by atoms with Gasteiger partial charge in [-0.3, -0.25) is 14.6 Å². The molecule has 2 aliphatic rings. The first-order valence-corrected chi connectivity index (χ1v) is 9.11. The third-order valence-corrected chi connectivity index (χ3v) is 5.35. The first-order valence-electron chi connectivity index (χ1n) is 8.36. The van der Waals surface area contributed by atoms with Crippen LogP contribution in [-0.4, -0.2) is 28.9 Å². The van der Waals surface area contributed by atoms with Crippen molar-refractivity contribution in [3.05, 3.63) is 28.0 Å². The fourth-order valence-corrected chi connectivity index (χ4v) is 3.85. The largest absolute Gasteiger partial charge is 0.353 e. The molecule has 2 saturated carbocycles. The van der Waals surface area contributed by atoms with Gasteiger partial charge in [0.05, 0.1) is 21.5 Å². The molecule has 1 aromatic heterocycles. The van der Waals surface area contributed by atoms with E-state index in [1.165, 1.54) is 12.4 Å². The van der Waals surface area contributed by atoms with Gasteiger partial charge in [-0.15, -0.1) is 12.3 Å². The van der Waals surface area contributed by atoms with Crippen molar-refractivity contribution in [2.24, 2.45) is 11.8 Å². The van der Waals surface area contributed by atoms with Crippen LogP contribution >= 0.6 is 23.2 Å². The SMILES string of the molecule is C#C[C@H]1C[C@H]1C(=O)N[C@@H]1CCC[C@@H](NC(=O)c2c(Cl)cncc2Cl)C1. The van der Waals surface area contributed by atoms with Gasteiger partial charge in [-0.25, -0.2) is 0 Å². The quantitative estimate of drug-likeness (QED) is 0.790. The van der Waals surface area contributed by atoms with Crippen LogP contribution in [0, 0.1) is 24.2 Å². The lowest BCUT2D eigenvalue weighted by atomic mass is 9.90. The normalized spacial score (nSPS) is 27.9. The third-order valence-electron chi connectivity index (χ3n) is 4.78. The molecule has 3 rings (SSSR count). The van der Waals surface area contributed by atoms with Crippen LogP contribution in [0.3, 0.4) is 0 Å². The highest BCUT2D eigenvalue weighted by Gasteiger charge is 2.42. The molecule has 0 bridgehead atoms. The maximum absolute atomic E-state index is 12.5. The number of aromatic nitrogens is 1. The zero-order valence-electron chi connectivity index (χ0n) is 13.6. The van der Waals surface area contributed by atoms with Crippen LogP contribution in [0.1, 0.15) is 42.5 Å². The Balaban J connectivity index is 1.56. The van der Waals surface area contributed by atoms with Crippen molar-refractivity contribution < 1.29 is 9.59 Å². The van der Waals surface area contributed by atoms with E-state index in [9.17, 15) is 9.59 Å². The second-order valence-corrected chi connectivity index (χ2v) is 7.45. The summed E-state index contributed by atoms with van der Waals surface area (Å²) in [6.07, 6.45) is 12.3. The molecule has 132 valence electrons. The zero-order chi connectivity index (χ0) is 18.0. The molecule has 0 radical (unpaired) electrons. The van der Waals surface area contributed by atoms with Gasteiger partial charge in [0.2, 0.25) is 5.91 Å². The number of nitrogens with one attached hydrogen (secondary N) is 2. The van der Waals surface area contributed by atoms with Crippen molar-refractivity contribution in [2.75, 3.05) is 0 Å². The van der Waals surface area contributed by atoms with Crippen LogP contribution in [0.25, 0.3) is 0 Å². The minimum atomic E-state index is -0.316. The third kappa shape index (κ3) is 4.26. The topological polar surface area (TPSA) is 71.1 Å². The molecule has 4 atom stereocenters. The summed E-state index contributed by atoms with van der Waals surface area (Å²) in [4.78, 5) is 28.5. The van der Waals surface area contributed by atoms with E-state index in [1.54, 1.807) is 0 Å². The van der Waals surface area contributed by atoms with E-state index in [0.717, 1.165) is 25.7 Å². The summed E-state index contributed by atoms with van der Waals surface area (Å²) >= 11 is 12.1. The molecule has 1 heterocycles. The van der Waals surface area contributed by atoms with Crippen LogP contribution in [0.2, 0.25) is 10.0 Å². The molecule has 0 saturated heterocycles. The molecule has 0 unspecified atom stereocenters. The second-order valence-electron chi connectivity index (χ2n) is 6.64. The van der Waals surface area contributed by atoms with Crippen molar-refractivity contribution in [3.63, 3.8) is 0 Å². The van der Waals surface area contributed by atoms with E-state index >= 15 is 0 Å². The Morgan fingerprint density at radius 1 is 1.12 bits per heavy atom. The molecule has 1 aromatic rings. The van der Waals surface area contributed by atoms with Crippen LogP contribution in [0.4, 0.5) is 0 Å². The van der Waals surface area contributed by atoms with E-state index in [4.69, 9.17) is 29.6 Å². The maximum Gasteiger partial charge on any atom is 0.254 e. The first-order chi connectivity index (χ1) is 12.0. The molecule has 2 fully saturated rings. The van der Waals surface area contributed by atoms with Crippen LogP contribution in [0.5, 0.6) is 0 Å². The molecule has 0 aromatic carbocycles. The molecule has 5 nitrogen and oxygen atoms in total. The van der Waals surface area contributed by atoms with Crippen molar-refractivity contribution in [1.82, 2.24) is 15.6 Å². The number of nitrogens with zero attached hydrogens (tertiary/aromatic N) is 1. The van der Waals surface area contributed by atoms with Gasteiger partial charge in [-0.05, 0) is 32.1 Å². The number of halogens is 2. The first kappa shape index (κ1) is 18.0. The summed E-state index contributed by atoms with van der Waals surface area (Å²) in [6.45, 7) is 0. The van der Waals surface area contributed by atoms with E-state index in [2.05, 4.69) is 21.5 Å². The Bertz CT molecular complexity index is 711. The average molecular weight is 380 g/mol. The minimum Gasteiger partial charge on any atom is -0.353 e. The van der Waals surface area contributed by atoms with Crippen molar-refractivity contribution in [1.29, 1.82) is 0 Å². The van der Waals surface area contributed by atoms with Gasteiger partial charge < -0.3 is 10.6 Å². The number of hydrogen-bond acceptors (Lipinski definition) is 3. The van der Waals surface area contributed by atoms with Gasteiger partial charge in [0.15, 0.2) is 0 Å². The molecule has 2 N–H and O–H groups in total. The van der Waals surface area contributed by atoms with Crippen LogP contribution < -0.4 is 10.6 Å². The van der Waals surface area contributed by atoms with Crippen molar-refractivity contribution >= 4 is 35.0 Å². The van der Waals surface area contributed by atoms with Crippen molar-refractivity contribution in [3.8, 4) is 12.3 Å². The fourth-order valence-electron chi connectivity index (χ4n) is 3.31. The van der Waals surface area contributed by atoms with Crippen molar-refractivity contribution in [2.45, 2.75) is 44.2 Å². The summed E-state index contributed by atoms with van der Waals surface area (Å²) in [5, 5.41) is 6.47. The fraction of sp³-hybridized carbons (Fsp3) is 0.500. The number of pyridine rings is 1. The molecule has 25 heavy (non-hydrogen) atoms. The Morgan fingerprint density at radius 2 is 1.76 bits per heavy atom. The van der Waals surface area contributed by atoms with Gasteiger partial charge in [0, 0.05) is 30.4 Å². The molecule has 0 aliphatic heterocycles. The average Bonchev–Trinajstić information content (AvgIpc) is 3.35. The number of amides is 2. The Morgan fingerprint density at radius 3 is 2.36 bits per heavy atom. The predicted octanol–water partition coefficient (Wildman–Crippen LogP) is 2.81. The van der Waals surface area contributed by atoms with Crippen LogP contribution in [-0.2, 0) is 4.79 Å². The lowest BCUT2D eigenvalue weighted by molar-refractivity contribution is -0.123. The summed E-state index contributed by atoms with van der Waals surface area (Å²) in [5.41, 5.74) is 0.235. The highest BCUT2D eigenvalue weighted by atomic mass is 35.5. The van der Waals surface area contributed by atoms with Gasteiger partial charge >= 0.3 is 0 Å². The molecule has 0 spiro atoms. The van der Waals surface area contributed by atoms with Crippen LogP contribution in [0.15, 0.2) is 12.4 Å².